The Labute approximate surface area is 157 Å². The first-order valence-corrected chi connectivity index (χ1v) is 8.92. The second-order valence-electron chi connectivity index (χ2n) is 6.36. The number of hydrogen-bond acceptors (Lipinski definition) is 4. The summed E-state index contributed by atoms with van der Waals surface area (Å²) in [7, 11) is 0. The number of amides is 2. The number of halogens is 2. The molecule has 0 bridgehead atoms. The molecule has 0 radical (unpaired) electrons. The van der Waals surface area contributed by atoms with Gasteiger partial charge in [-0.3, -0.25) is 9.59 Å². The molecule has 2 amide bonds. The molecule has 2 rings (SSSR count). The summed E-state index contributed by atoms with van der Waals surface area (Å²) in [5, 5.41) is 3.51. The first-order valence-electron chi connectivity index (χ1n) is 8.17. The highest BCUT2D eigenvalue weighted by Gasteiger charge is 2.26. The van der Waals surface area contributed by atoms with Gasteiger partial charge < -0.3 is 20.7 Å². The van der Waals surface area contributed by atoms with Crippen molar-refractivity contribution >= 4 is 35.0 Å². The molecule has 138 valence electrons. The van der Waals surface area contributed by atoms with Gasteiger partial charge in [0.2, 0.25) is 11.8 Å². The smallest absolute Gasteiger partial charge is 0.242 e. The van der Waals surface area contributed by atoms with Crippen LogP contribution in [0.3, 0.4) is 0 Å². The van der Waals surface area contributed by atoms with Gasteiger partial charge in [0.25, 0.3) is 0 Å². The van der Waals surface area contributed by atoms with Gasteiger partial charge in [0.1, 0.15) is 6.10 Å². The highest BCUT2D eigenvalue weighted by molar-refractivity contribution is 6.42. The lowest BCUT2D eigenvalue weighted by Crippen LogP contribution is -2.50. The van der Waals surface area contributed by atoms with Crippen LogP contribution in [0.15, 0.2) is 18.2 Å². The molecule has 1 fully saturated rings. The van der Waals surface area contributed by atoms with E-state index < -0.39 is 6.04 Å². The van der Waals surface area contributed by atoms with Gasteiger partial charge in [-0.15, -0.1) is 0 Å². The van der Waals surface area contributed by atoms with Crippen molar-refractivity contribution in [3.05, 3.63) is 33.8 Å². The van der Waals surface area contributed by atoms with Crippen LogP contribution in [-0.4, -0.2) is 49.0 Å². The van der Waals surface area contributed by atoms with Crippen LogP contribution < -0.4 is 11.1 Å². The van der Waals surface area contributed by atoms with E-state index in [1.165, 1.54) is 0 Å². The third kappa shape index (κ3) is 5.31. The molecule has 0 aromatic heterocycles. The molecule has 25 heavy (non-hydrogen) atoms. The SMILES string of the molecule is CC(C)[C@H](N)C(=O)NCC(=O)N1CCOC(c2ccc(Cl)c(Cl)c2)C1. The van der Waals surface area contributed by atoms with Crippen molar-refractivity contribution in [3.63, 3.8) is 0 Å². The maximum absolute atomic E-state index is 12.4. The van der Waals surface area contributed by atoms with Crippen molar-refractivity contribution in [2.75, 3.05) is 26.2 Å². The number of hydrogen-bond donors (Lipinski definition) is 2. The third-order valence-corrected chi connectivity index (χ3v) is 4.91. The number of benzene rings is 1. The lowest BCUT2D eigenvalue weighted by molar-refractivity contribution is -0.139. The Hall–Kier alpha value is -1.34. The summed E-state index contributed by atoms with van der Waals surface area (Å²) in [5.41, 5.74) is 6.63. The summed E-state index contributed by atoms with van der Waals surface area (Å²) in [4.78, 5) is 25.9. The Morgan fingerprint density at radius 2 is 2.08 bits per heavy atom. The molecular formula is C17H23Cl2N3O3. The largest absolute Gasteiger partial charge is 0.370 e. The van der Waals surface area contributed by atoms with Gasteiger partial charge in [-0.05, 0) is 23.6 Å². The van der Waals surface area contributed by atoms with Gasteiger partial charge in [-0.2, -0.15) is 0 Å². The van der Waals surface area contributed by atoms with Gasteiger partial charge in [0.15, 0.2) is 0 Å². The summed E-state index contributed by atoms with van der Waals surface area (Å²) >= 11 is 12.0. The van der Waals surface area contributed by atoms with Crippen molar-refractivity contribution in [3.8, 4) is 0 Å². The first-order chi connectivity index (χ1) is 11.8. The van der Waals surface area contributed by atoms with Crippen LogP contribution in [0.2, 0.25) is 10.0 Å². The molecule has 8 heteroatoms. The minimum absolute atomic E-state index is 0.0116. The van der Waals surface area contributed by atoms with E-state index in [4.69, 9.17) is 33.7 Å². The van der Waals surface area contributed by atoms with Gasteiger partial charge in [0, 0.05) is 6.54 Å². The third-order valence-electron chi connectivity index (χ3n) is 4.17. The molecule has 2 atom stereocenters. The lowest BCUT2D eigenvalue weighted by Gasteiger charge is -2.33. The monoisotopic (exact) mass is 387 g/mol. The second-order valence-corrected chi connectivity index (χ2v) is 7.17. The summed E-state index contributed by atoms with van der Waals surface area (Å²) in [6, 6.07) is 4.65. The summed E-state index contributed by atoms with van der Waals surface area (Å²) in [6.45, 7) is 4.92. The molecule has 1 aromatic rings. The van der Waals surface area contributed by atoms with Gasteiger partial charge in [-0.1, -0.05) is 43.1 Å². The number of ether oxygens (including phenoxy) is 1. The molecule has 0 aliphatic carbocycles. The minimum Gasteiger partial charge on any atom is -0.370 e. The van der Waals surface area contributed by atoms with E-state index in [1.54, 1.807) is 17.0 Å². The van der Waals surface area contributed by atoms with Gasteiger partial charge in [-0.25, -0.2) is 0 Å². The number of nitrogens with zero attached hydrogens (tertiary/aromatic N) is 1. The average molecular weight is 388 g/mol. The van der Waals surface area contributed by atoms with E-state index in [1.807, 2.05) is 19.9 Å². The molecule has 1 saturated heterocycles. The Kier molecular flexibility index (Phi) is 7.07. The highest BCUT2D eigenvalue weighted by atomic mass is 35.5. The minimum atomic E-state index is -0.624. The normalized spacial score (nSPS) is 19.0. The summed E-state index contributed by atoms with van der Waals surface area (Å²) < 4.78 is 5.73. The maximum atomic E-state index is 12.4. The predicted octanol–water partition coefficient (Wildman–Crippen LogP) is 1.99. The van der Waals surface area contributed by atoms with E-state index in [0.29, 0.717) is 29.7 Å². The van der Waals surface area contributed by atoms with Gasteiger partial charge >= 0.3 is 0 Å². The fraction of sp³-hybridized carbons (Fsp3) is 0.529. The van der Waals surface area contributed by atoms with E-state index in [2.05, 4.69) is 5.32 Å². The van der Waals surface area contributed by atoms with Gasteiger partial charge in [0.05, 0.1) is 35.8 Å². The van der Waals surface area contributed by atoms with Crippen molar-refractivity contribution in [1.29, 1.82) is 0 Å². The van der Waals surface area contributed by atoms with Crippen LogP contribution in [-0.2, 0) is 14.3 Å². The zero-order chi connectivity index (χ0) is 18.6. The predicted molar refractivity (Wildman–Crippen MR) is 97.6 cm³/mol. The summed E-state index contributed by atoms with van der Waals surface area (Å²) in [5.74, 6) is -0.479. The van der Waals surface area contributed by atoms with E-state index in [0.717, 1.165) is 5.56 Å². The number of rotatable bonds is 5. The molecule has 6 nitrogen and oxygen atoms in total. The van der Waals surface area contributed by atoms with Crippen LogP contribution in [0.5, 0.6) is 0 Å². The molecule has 1 unspecified atom stereocenters. The molecule has 0 spiro atoms. The average Bonchev–Trinajstić information content (AvgIpc) is 2.61. The van der Waals surface area contributed by atoms with Crippen LogP contribution in [0.1, 0.15) is 25.5 Å². The Morgan fingerprint density at radius 1 is 1.36 bits per heavy atom. The molecular weight excluding hydrogens is 365 g/mol. The molecule has 1 heterocycles. The lowest BCUT2D eigenvalue weighted by atomic mass is 10.1. The quantitative estimate of drug-likeness (QED) is 0.808. The number of nitrogens with two attached hydrogens (primary N) is 1. The van der Waals surface area contributed by atoms with E-state index in [9.17, 15) is 9.59 Å². The fourth-order valence-corrected chi connectivity index (χ4v) is 2.79. The number of carbonyl (C=O) groups is 2. The van der Waals surface area contributed by atoms with E-state index >= 15 is 0 Å². The topological polar surface area (TPSA) is 84.7 Å². The second kappa shape index (κ2) is 8.85. The maximum Gasteiger partial charge on any atom is 0.242 e. The number of morpholine rings is 1. The van der Waals surface area contributed by atoms with Crippen molar-refractivity contribution in [2.24, 2.45) is 11.7 Å². The van der Waals surface area contributed by atoms with Crippen LogP contribution in [0.4, 0.5) is 0 Å². The van der Waals surface area contributed by atoms with Crippen molar-refractivity contribution in [1.82, 2.24) is 10.2 Å². The molecule has 1 aromatic carbocycles. The van der Waals surface area contributed by atoms with Crippen LogP contribution in [0.25, 0.3) is 0 Å². The van der Waals surface area contributed by atoms with E-state index in [-0.39, 0.29) is 30.4 Å². The van der Waals surface area contributed by atoms with Crippen LogP contribution in [0, 0.1) is 5.92 Å². The van der Waals surface area contributed by atoms with Crippen LogP contribution >= 0.6 is 23.2 Å². The standard InChI is InChI=1S/C17H23Cl2N3O3/c1-10(2)16(20)17(24)21-8-15(23)22-5-6-25-14(9-22)11-3-4-12(18)13(19)7-11/h3-4,7,10,14,16H,5-6,8-9,20H2,1-2H3,(H,21,24)/t14?,16-/m0/s1. The fourth-order valence-electron chi connectivity index (χ4n) is 2.49. The Morgan fingerprint density at radius 3 is 2.72 bits per heavy atom. The number of nitrogens with one attached hydrogen (secondary N) is 1. The van der Waals surface area contributed by atoms with Crippen molar-refractivity contribution < 1.29 is 14.3 Å². The van der Waals surface area contributed by atoms with Crippen molar-refractivity contribution in [2.45, 2.75) is 26.0 Å². The molecule has 0 saturated carbocycles. The first kappa shape index (κ1) is 20.0. The molecule has 1 aliphatic rings. The Balaban J connectivity index is 1.92. The highest BCUT2D eigenvalue weighted by Crippen LogP contribution is 2.29. The zero-order valence-electron chi connectivity index (χ0n) is 14.3. The zero-order valence-corrected chi connectivity index (χ0v) is 15.8. The molecule has 3 N–H and O–H groups in total. The summed E-state index contributed by atoms with van der Waals surface area (Å²) in [6.07, 6.45) is -0.277. The Bertz CT molecular complexity index is 640. The molecule has 1 aliphatic heterocycles. The number of carbonyl (C=O) groups excluding carboxylic acids is 2.